The van der Waals surface area contributed by atoms with Gasteiger partial charge in [0.2, 0.25) is 5.91 Å². The molecule has 0 saturated carbocycles. The fourth-order valence-corrected chi connectivity index (χ4v) is 4.42. The van der Waals surface area contributed by atoms with Crippen LogP contribution in [0.3, 0.4) is 0 Å². The molecule has 0 radical (unpaired) electrons. The predicted octanol–water partition coefficient (Wildman–Crippen LogP) is 4.64. The van der Waals surface area contributed by atoms with Gasteiger partial charge in [-0.05, 0) is 55.5 Å². The van der Waals surface area contributed by atoms with E-state index in [0.717, 1.165) is 18.5 Å². The molecule has 134 valence electrons. The summed E-state index contributed by atoms with van der Waals surface area (Å²) in [4.78, 5) is 12.6. The third-order valence-corrected chi connectivity index (χ3v) is 5.95. The van der Waals surface area contributed by atoms with E-state index < -0.39 is 0 Å². The maximum absolute atomic E-state index is 12.6. The van der Waals surface area contributed by atoms with Crippen molar-refractivity contribution < 1.29 is 4.79 Å². The van der Waals surface area contributed by atoms with E-state index in [1.807, 2.05) is 13.0 Å². The van der Waals surface area contributed by atoms with Crippen LogP contribution in [0.4, 0.5) is 5.69 Å². The van der Waals surface area contributed by atoms with Crippen molar-refractivity contribution in [2.24, 2.45) is 0 Å². The Morgan fingerprint density at radius 1 is 1.23 bits per heavy atom. The molecule has 0 unspecified atom stereocenters. The van der Waals surface area contributed by atoms with Crippen molar-refractivity contribution in [2.45, 2.75) is 36.6 Å². The molecule has 1 aliphatic rings. The zero-order valence-electron chi connectivity index (χ0n) is 14.0. The van der Waals surface area contributed by atoms with E-state index in [4.69, 9.17) is 23.2 Å². The Hall–Kier alpha value is -1.76. The number of aromatic nitrogens is 3. The van der Waals surface area contributed by atoms with Gasteiger partial charge in [0, 0.05) is 11.9 Å². The molecule has 0 bridgehead atoms. The Kier molecular flexibility index (Phi) is 4.82. The zero-order chi connectivity index (χ0) is 18.3. The van der Waals surface area contributed by atoms with E-state index in [1.165, 1.54) is 29.3 Å². The maximum atomic E-state index is 12.6. The van der Waals surface area contributed by atoms with Crippen LogP contribution in [-0.4, -0.2) is 25.8 Å². The summed E-state index contributed by atoms with van der Waals surface area (Å²) < 4.78 is 1.70. The van der Waals surface area contributed by atoms with Gasteiger partial charge in [0.1, 0.15) is 0 Å². The summed E-state index contributed by atoms with van der Waals surface area (Å²) in [5.41, 5.74) is 4.06. The molecule has 8 heteroatoms. The number of thioether (sulfide) groups is 1. The minimum absolute atomic E-state index is 0.0854. The van der Waals surface area contributed by atoms with Crippen LogP contribution in [0.5, 0.6) is 0 Å². The second kappa shape index (κ2) is 7.10. The predicted molar refractivity (Wildman–Crippen MR) is 105 cm³/mol. The van der Waals surface area contributed by atoms with Crippen molar-refractivity contribution in [3.63, 3.8) is 0 Å². The highest BCUT2D eigenvalue weighted by Gasteiger charge is 2.20. The average molecular weight is 407 g/mol. The van der Waals surface area contributed by atoms with Crippen LogP contribution in [0, 0.1) is 0 Å². The number of carbonyl (C=O) groups excluding carboxylic acids is 1. The van der Waals surface area contributed by atoms with Gasteiger partial charge in [-0.25, -0.2) is 0 Å². The number of hydrogen-bond acceptors (Lipinski definition) is 4. The number of carbonyl (C=O) groups is 1. The fraction of sp³-hybridized carbons (Fsp3) is 0.278. The van der Waals surface area contributed by atoms with Gasteiger partial charge < -0.3 is 5.32 Å². The summed E-state index contributed by atoms with van der Waals surface area (Å²) in [5, 5.41) is 12.3. The second-order valence-electron chi connectivity index (χ2n) is 6.27. The molecule has 1 atom stereocenters. The third-order valence-electron chi connectivity index (χ3n) is 4.41. The van der Waals surface area contributed by atoms with E-state index in [1.54, 1.807) is 16.7 Å². The van der Waals surface area contributed by atoms with E-state index >= 15 is 0 Å². The quantitative estimate of drug-likeness (QED) is 0.640. The largest absolute Gasteiger partial charge is 0.325 e. The van der Waals surface area contributed by atoms with Gasteiger partial charge in [0.05, 0.1) is 15.3 Å². The second-order valence-corrected chi connectivity index (χ2v) is 8.42. The lowest BCUT2D eigenvalue weighted by molar-refractivity contribution is -0.115. The van der Waals surface area contributed by atoms with Crippen molar-refractivity contribution in [2.75, 3.05) is 5.32 Å². The standard InChI is InChI=1S/C18H16Cl2N4OS/c1-10(17(25)21-14-6-5-11-3-2-4-12(11)7-14)26-18-23-22-16-15(20)8-13(19)9-24(16)18/h5-10H,2-4H2,1H3,(H,21,25)/t10-/m0/s1. The van der Waals surface area contributed by atoms with Crippen LogP contribution in [-0.2, 0) is 17.6 Å². The number of amides is 1. The number of aryl methyl sites for hydroxylation is 2. The van der Waals surface area contributed by atoms with Gasteiger partial charge in [0.15, 0.2) is 10.8 Å². The first-order valence-corrected chi connectivity index (χ1v) is 9.94. The molecule has 1 N–H and O–H groups in total. The highest BCUT2D eigenvalue weighted by Crippen LogP contribution is 2.29. The van der Waals surface area contributed by atoms with Crippen molar-refractivity contribution in [1.82, 2.24) is 14.6 Å². The summed E-state index contributed by atoms with van der Waals surface area (Å²) in [6.45, 7) is 1.83. The summed E-state index contributed by atoms with van der Waals surface area (Å²) in [7, 11) is 0. The molecule has 4 rings (SSSR count). The Morgan fingerprint density at radius 3 is 2.88 bits per heavy atom. The normalized spacial score (nSPS) is 14.4. The number of pyridine rings is 1. The molecule has 0 saturated heterocycles. The monoisotopic (exact) mass is 406 g/mol. The highest BCUT2D eigenvalue weighted by molar-refractivity contribution is 8.00. The number of rotatable bonds is 4. The topological polar surface area (TPSA) is 59.3 Å². The van der Waals surface area contributed by atoms with Crippen molar-refractivity contribution in [3.05, 3.63) is 51.6 Å². The van der Waals surface area contributed by atoms with Gasteiger partial charge in [-0.2, -0.15) is 0 Å². The Bertz CT molecular complexity index is 1000. The Morgan fingerprint density at radius 2 is 2.04 bits per heavy atom. The molecule has 1 aromatic carbocycles. The first-order valence-electron chi connectivity index (χ1n) is 8.30. The number of fused-ring (bicyclic) bond motifs is 2. The molecule has 0 fully saturated rings. The molecule has 5 nitrogen and oxygen atoms in total. The van der Waals surface area contributed by atoms with Gasteiger partial charge in [0.25, 0.3) is 0 Å². The fourth-order valence-electron chi connectivity index (χ4n) is 3.09. The number of nitrogens with zero attached hydrogens (tertiary/aromatic N) is 3. The lowest BCUT2D eigenvalue weighted by atomic mass is 10.1. The SMILES string of the molecule is C[C@H](Sc1nnc2c(Cl)cc(Cl)cn12)C(=O)Nc1ccc2c(c1)CCC2. The zero-order valence-corrected chi connectivity index (χ0v) is 16.3. The summed E-state index contributed by atoms with van der Waals surface area (Å²) in [5.74, 6) is -0.0854. The molecule has 0 spiro atoms. The summed E-state index contributed by atoms with van der Waals surface area (Å²) in [6.07, 6.45) is 5.08. The lowest BCUT2D eigenvalue weighted by Gasteiger charge is -2.12. The molecule has 1 aliphatic carbocycles. The van der Waals surface area contributed by atoms with Crippen molar-refractivity contribution >= 4 is 52.2 Å². The van der Waals surface area contributed by atoms with Crippen LogP contribution in [0.1, 0.15) is 24.5 Å². The van der Waals surface area contributed by atoms with E-state index in [0.29, 0.717) is 20.8 Å². The molecule has 3 aromatic rings. The number of hydrogen-bond donors (Lipinski definition) is 1. The molecular weight excluding hydrogens is 391 g/mol. The number of anilines is 1. The third kappa shape index (κ3) is 3.41. The van der Waals surface area contributed by atoms with Gasteiger partial charge in [-0.1, -0.05) is 41.0 Å². The van der Waals surface area contributed by atoms with Gasteiger partial charge in [-0.15, -0.1) is 10.2 Å². The molecule has 2 aromatic heterocycles. The maximum Gasteiger partial charge on any atom is 0.237 e. The molecule has 0 aliphatic heterocycles. The van der Waals surface area contributed by atoms with E-state index in [2.05, 4.69) is 27.6 Å². The summed E-state index contributed by atoms with van der Waals surface area (Å²) in [6, 6.07) is 7.76. The molecule has 26 heavy (non-hydrogen) atoms. The minimum atomic E-state index is -0.353. The van der Waals surface area contributed by atoms with Crippen LogP contribution >= 0.6 is 35.0 Å². The molecular formula is C18H16Cl2N4OS. The Balaban J connectivity index is 1.49. The highest BCUT2D eigenvalue weighted by atomic mass is 35.5. The van der Waals surface area contributed by atoms with Gasteiger partial charge in [-0.3, -0.25) is 9.20 Å². The number of nitrogens with one attached hydrogen (secondary N) is 1. The van der Waals surface area contributed by atoms with Crippen LogP contribution in [0.25, 0.3) is 5.65 Å². The van der Waals surface area contributed by atoms with E-state index in [9.17, 15) is 4.79 Å². The van der Waals surface area contributed by atoms with Crippen molar-refractivity contribution in [1.29, 1.82) is 0 Å². The lowest BCUT2D eigenvalue weighted by Crippen LogP contribution is -2.22. The first-order chi connectivity index (χ1) is 12.5. The van der Waals surface area contributed by atoms with Crippen LogP contribution in [0.2, 0.25) is 10.0 Å². The van der Waals surface area contributed by atoms with Crippen molar-refractivity contribution in [3.8, 4) is 0 Å². The van der Waals surface area contributed by atoms with E-state index in [-0.39, 0.29) is 11.2 Å². The Labute approximate surface area is 165 Å². The average Bonchev–Trinajstić information content (AvgIpc) is 3.21. The number of benzene rings is 1. The smallest absolute Gasteiger partial charge is 0.237 e. The minimum Gasteiger partial charge on any atom is -0.325 e. The van der Waals surface area contributed by atoms with Gasteiger partial charge >= 0.3 is 0 Å². The summed E-state index contributed by atoms with van der Waals surface area (Å²) >= 11 is 13.5. The number of halogens is 2. The first kappa shape index (κ1) is 17.6. The molecule has 1 amide bonds. The molecule has 2 heterocycles. The van der Waals surface area contributed by atoms with Crippen LogP contribution < -0.4 is 5.32 Å². The van der Waals surface area contributed by atoms with Crippen LogP contribution in [0.15, 0.2) is 35.6 Å².